The number of halogens is 3. The van der Waals surface area contributed by atoms with Crippen LogP contribution in [0.2, 0.25) is 0 Å². The standard InChI is InChI=1S/C19H25F3N4O2/c20-19(21,22)6-5-16(27)25-8-7-18(12-25)13-26(9-10-28-18)17-23-11-14-3-1-2-4-15(14)24-17/h11H,1-10,12-13H2. The lowest BCUT2D eigenvalue weighted by Gasteiger charge is -2.40. The summed E-state index contributed by atoms with van der Waals surface area (Å²) in [6.07, 6.45) is 0.962. The van der Waals surface area contributed by atoms with Gasteiger partial charge in [-0.25, -0.2) is 9.97 Å². The molecule has 0 N–H and O–H groups in total. The van der Waals surface area contributed by atoms with Gasteiger partial charge in [0.1, 0.15) is 5.60 Å². The average Bonchev–Trinajstić information content (AvgIpc) is 3.08. The number of hydrogen-bond donors (Lipinski definition) is 0. The number of amides is 1. The van der Waals surface area contributed by atoms with E-state index in [1.54, 1.807) is 0 Å². The summed E-state index contributed by atoms with van der Waals surface area (Å²) in [7, 11) is 0. The van der Waals surface area contributed by atoms with Crippen LogP contribution in [0.3, 0.4) is 0 Å². The second-order valence-corrected chi connectivity index (χ2v) is 7.98. The van der Waals surface area contributed by atoms with E-state index in [-0.39, 0.29) is 0 Å². The highest BCUT2D eigenvalue weighted by Crippen LogP contribution is 2.32. The van der Waals surface area contributed by atoms with Crippen molar-refractivity contribution in [1.29, 1.82) is 0 Å². The van der Waals surface area contributed by atoms with Crippen molar-refractivity contribution >= 4 is 11.9 Å². The van der Waals surface area contributed by atoms with Crippen LogP contribution in [0, 0.1) is 0 Å². The monoisotopic (exact) mass is 398 g/mol. The van der Waals surface area contributed by atoms with Crippen LogP contribution < -0.4 is 4.90 Å². The SMILES string of the molecule is O=C(CCC(F)(F)F)N1CCC2(C1)CN(c1ncc3c(n1)CCCC3)CCO2. The normalized spacial score (nSPS) is 25.2. The lowest BCUT2D eigenvalue weighted by molar-refractivity contribution is -0.149. The number of alkyl halides is 3. The zero-order valence-corrected chi connectivity index (χ0v) is 15.8. The highest BCUT2D eigenvalue weighted by Gasteiger charge is 2.45. The quantitative estimate of drug-likeness (QED) is 0.783. The molecule has 3 heterocycles. The molecule has 3 aliphatic rings. The third-order valence-corrected chi connectivity index (χ3v) is 5.87. The summed E-state index contributed by atoms with van der Waals surface area (Å²) < 4.78 is 43.2. The summed E-state index contributed by atoms with van der Waals surface area (Å²) in [5, 5.41) is 0. The maximum atomic E-state index is 12.4. The van der Waals surface area contributed by atoms with Gasteiger partial charge in [0.15, 0.2) is 0 Å². The molecule has 1 unspecified atom stereocenters. The van der Waals surface area contributed by atoms with E-state index in [9.17, 15) is 18.0 Å². The van der Waals surface area contributed by atoms with Crippen LogP contribution in [0.5, 0.6) is 0 Å². The van der Waals surface area contributed by atoms with Crippen LogP contribution in [-0.4, -0.2) is 65.3 Å². The van der Waals surface area contributed by atoms with Gasteiger partial charge in [-0.3, -0.25) is 4.79 Å². The van der Waals surface area contributed by atoms with Gasteiger partial charge >= 0.3 is 6.18 Å². The molecule has 1 amide bonds. The van der Waals surface area contributed by atoms with Gasteiger partial charge in [-0.05, 0) is 37.7 Å². The molecule has 0 aromatic carbocycles. The Morgan fingerprint density at radius 3 is 2.86 bits per heavy atom. The van der Waals surface area contributed by atoms with Crippen molar-refractivity contribution in [2.24, 2.45) is 0 Å². The van der Waals surface area contributed by atoms with Gasteiger partial charge in [0, 0.05) is 31.4 Å². The second kappa shape index (κ2) is 7.50. The fraction of sp³-hybridized carbons (Fsp3) is 0.737. The van der Waals surface area contributed by atoms with Gasteiger partial charge in [0.25, 0.3) is 0 Å². The summed E-state index contributed by atoms with van der Waals surface area (Å²) in [4.78, 5) is 25.0. The maximum Gasteiger partial charge on any atom is 0.389 e. The molecule has 0 bridgehead atoms. The summed E-state index contributed by atoms with van der Waals surface area (Å²) in [6.45, 7) is 2.46. The Bertz CT molecular complexity index is 742. The highest BCUT2D eigenvalue weighted by atomic mass is 19.4. The molecule has 28 heavy (non-hydrogen) atoms. The van der Waals surface area contributed by atoms with Crippen LogP contribution in [0.4, 0.5) is 19.1 Å². The first kappa shape index (κ1) is 19.4. The van der Waals surface area contributed by atoms with E-state index in [1.807, 2.05) is 6.20 Å². The molecule has 2 fully saturated rings. The van der Waals surface area contributed by atoms with Crippen molar-refractivity contribution in [1.82, 2.24) is 14.9 Å². The Hall–Kier alpha value is -1.90. The largest absolute Gasteiger partial charge is 0.389 e. The van der Waals surface area contributed by atoms with Crippen molar-refractivity contribution in [3.8, 4) is 0 Å². The first-order chi connectivity index (χ1) is 13.3. The zero-order valence-electron chi connectivity index (χ0n) is 15.8. The maximum absolute atomic E-state index is 12.4. The lowest BCUT2D eigenvalue weighted by atomic mass is 9.97. The number of hydrogen-bond acceptors (Lipinski definition) is 5. The van der Waals surface area contributed by atoms with Crippen LogP contribution in [0.1, 0.15) is 43.4 Å². The molecule has 4 rings (SSSR count). The molecule has 1 aromatic heterocycles. The molecule has 1 spiro atoms. The number of carbonyl (C=O) groups is 1. The molecule has 0 saturated carbocycles. The fourth-order valence-corrected chi connectivity index (χ4v) is 4.34. The lowest BCUT2D eigenvalue weighted by Crippen LogP contribution is -2.54. The Kier molecular flexibility index (Phi) is 5.20. The number of ether oxygens (including phenoxy) is 1. The minimum absolute atomic E-state index is 0.325. The molecule has 2 saturated heterocycles. The van der Waals surface area contributed by atoms with Crippen molar-refractivity contribution in [2.45, 2.75) is 56.7 Å². The van der Waals surface area contributed by atoms with Crippen LogP contribution in [0.15, 0.2) is 6.20 Å². The van der Waals surface area contributed by atoms with Gasteiger partial charge < -0.3 is 14.5 Å². The van der Waals surface area contributed by atoms with Crippen molar-refractivity contribution in [2.75, 3.05) is 37.7 Å². The summed E-state index contributed by atoms with van der Waals surface area (Å²) in [5.41, 5.74) is 1.79. The van der Waals surface area contributed by atoms with Gasteiger partial charge in [-0.1, -0.05) is 0 Å². The third-order valence-electron chi connectivity index (χ3n) is 5.87. The number of anilines is 1. The van der Waals surface area contributed by atoms with E-state index in [1.165, 1.54) is 16.9 Å². The number of aryl methyl sites for hydroxylation is 2. The van der Waals surface area contributed by atoms with E-state index in [2.05, 4.69) is 9.88 Å². The summed E-state index contributed by atoms with van der Waals surface area (Å²) in [5.74, 6) is 0.227. The van der Waals surface area contributed by atoms with Gasteiger partial charge in [0.2, 0.25) is 11.9 Å². The van der Waals surface area contributed by atoms with Crippen molar-refractivity contribution < 1.29 is 22.7 Å². The van der Waals surface area contributed by atoms with Crippen LogP contribution >= 0.6 is 0 Å². The first-order valence-electron chi connectivity index (χ1n) is 9.92. The summed E-state index contributed by atoms with van der Waals surface area (Å²) in [6, 6.07) is 0. The van der Waals surface area contributed by atoms with Gasteiger partial charge in [-0.15, -0.1) is 0 Å². The Morgan fingerprint density at radius 2 is 2.04 bits per heavy atom. The van der Waals surface area contributed by atoms with Crippen molar-refractivity contribution in [3.05, 3.63) is 17.5 Å². The molecule has 1 atom stereocenters. The Labute approximate surface area is 162 Å². The smallest absolute Gasteiger partial charge is 0.369 e. The number of aromatic nitrogens is 2. The number of fused-ring (bicyclic) bond motifs is 1. The Balaban J connectivity index is 1.40. The van der Waals surface area contributed by atoms with Crippen LogP contribution in [0.25, 0.3) is 0 Å². The molecule has 0 radical (unpaired) electrons. The molecule has 154 valence electrons. The van der Waals surface area contributed by atoms with E-state index in [0.717, 1.165) is 25.0 Å². The van der Waals surface area contributed by atoms with Gasteiger partial charge in [0.05, 0.1) is 26.1 Å². The highest BCUT2D eigenvalue weighted by molar-refractivity contribution is 5.76. The number of morpholine rings is 1. The molecular formula is C19H25F3N4O2. The predicted molar refractivity (Wildman–Crippen MR) is 96.1 cm³/mol. The van der Waals surface area contributed by atoms with E-state index < -0.39 is 30.5 Å². The Morgan fingerprint density at radius 1 is 1.21 bits per heavy atom. The molecule has 6 nitrogen and oxygen atoms in total. The molecule has 1 aliphatic carbocycles. The predicted octanol–water partition coefficient (Wildman–Crippen LogP) is 2.51. The number of carbonyl (C=O) groups excluding carboxylic acids is 1. The molecular weight excluding hydrogens is 373 g/mol. The minimum Gasteiger partial charge on any atom is -0.369 e. The number of rotatable bonds is 3. The van der Waals surface area contributed by atoms with Crippen LogP contribution in [-0.2, 0) is 22.4 Å². The topological polar surface area (TPSA) is 58.6 Å². The molecule has 1 aromatic rings. The van der Waals surface area contributed by atoms with E-state index >= 15 is 0 Å². The van der Waals surface area contributed by atoms with Crippen molar-refractivity contribution in [3.63, 3.8) is 0 Å². The average molecular weight is 398 g/mol. The third kappa shape index (κ3) is 4.24. The van der Waals surface area contributed by atoms with E-state index in [0.29, 0.717) is 45.2 Å². The number of nitrogens with zero attached hydrogens (tertiary/aromatic N) is 4. The molecule has 2 aliphatic heterocycles. The zero-order chi connectivity index (χ0) is 19.8. The molecule has 9 heteroatoms. The first-order valence-corrected chi connectivity index (χ1v) is 9.92. The summed E-state index contributed by atoms with van der Waals surface area (Å²) >= 11 is 0. The number of likely N-dealkylation sites (tertiary alicyclic amines) is 1. The van der Waals surface area contributed by atoms with Gasteiger partial charge in [-0.2, -0.15) is 13.2 Å². The second-order valence-electron chi connectivity index (χ2n) is 7.98. The fourth-order valence-electron chi connectivity index (χ4n) is 4.34. The van der Waals surface area contributed by atoms with E-state index in [4.69, 9.17) is 9.72 Å². The minimum atomic E-state index is -4.31.